The summed E-state index contributed by atoms with van der Waals surface area (Å²) < 4.78 is 2.78. The molecule has 1 amide bonds. The molecule has 154 valence electrons. The molecule has 6 nitrogen and oxygen atoms in total. The number of hydrogen-bond acceptors (Lipinski definition) is 5. The number of benzene rings is 2. The number of nitrogens with zero attached hydrogens (tertiary/aromatic N) is 2. The van der Waals surface area contributed by atoms with Crippen molar-refractivity contribution in [3.63, 3.8) is 0 Å². The smallest absolute Gasteiger partial charge is 0.269 e. The lowest BCUT2D eigenvalue weighted by molar-refractivity contribution is -0.110. The van der Waals surface area contributed by atoms with Crippen molar-refractivity contribution in [3.05, 3.63) is 78.7 Å². The number of carbonyl (C=O) groups is 1. The van der Waals surface area contributed by atoms with Crippen LogP contribution in [-0.2, 0) is 11.3 Å². The summed E-state index contributed by atoms with van der Waals surface area (Å²) in [6.45, 7) is 3.10. The molecule has 2 aromatic carbocycles. The summed E-state index contributed by atoms with van der Waals surface area (Å²) in [5, 5.41) is 13.0. The summed E-state index contributed by atoms with van der Waals surface area (Å²) in [5.74, 6) is -0.0940. The molecule has 0 spiro atoms. The molecule has 1 aromatic heterocycles. The zero-order valence-corrected chi connectivity index (χ0v) is 17.9. The Balaban J connectivity index is 2.02. The minimum Gasteiger partial charge on any atom is -0.507 e. The Morgan fingerprint density at radius 2 is 1.93 bits per heavy atom. The van der Waals surface area contributed by atoms with Crippen LogP contribution in [-0.4, -0.2) is 41.1 Å². The fraction of sp³-hybridized carbons (Fsp3) is 0.217. The van der Waals surface area contributed by atoms with Crippen molar-refractivity contribution in [2.75, 3.05) is 26.0 Å². The summed E-state index contributed by atoms with van der Waals surface area (Å²) in [7, 11) is 3.89. The molecule has 0 radical (unpaired) electrons. The molecule has 30 heavy (non-hydrogen) atoms. The van der Waals surface area contributed by atoms with E-state index in [1.165, 1.54) is 11.3 Å². The number of aryl methyl sites for hydroxylation is 1. The maximum Gasteiger partial charge on any atom is 0.269 e. The Hall–Kier alpha value is -3.16. The van der Waals surface area contributed by atoms with Gasteiger partial charge in [0, 0.05) is 29.9 Å². The van der Waals surface area contributed by atoms with Gasteiger partial charge in [-0.1, -0.05) is 29.8 Å². The number of amides is 1. The number of para-hydroxylation sites is 1. The van der Waals surface area contributed by atoms with E-state index in [9.17, 15) is 14.7 Å². The number of likely N-dealkylation sites (N-methyl/N-ethyl adjacent to an activating group) is 1. The van der Waals surface area contributed by atoms with Gasteiger partial charge < -0.3 is 15.3 Å². The monoisotopic (exact) mass is 421 g/mol. The van der Waals surface area contributed by atoms with Crippen molar-refractivity contribution < 1.29 is 9.90 Å². The number of fused-ring (bicyclic) bond motifs is 1. The number of carbonyl (C=O) groups excluding carboxylic acids is 1. The SMILES string of the molecule is Cc1ccc2c(c1)/C(=c1\s/c(=C\c3ccccc3O)c(=O)n1CCN(C)C)C(=O)N2. The van der Waals surface area contributed by atoms with Gasteiger partial charge in [-0.15, -0.1) is 11.3 Å². The van der Waals surface area contributed by atoms with Crippen molar-refractivity contribution >= 4 is 34.6 Å². The highest BCUT2D eigenvalue weighted by molar-refractivity contribution is 7.07. The standard InChI is InChI=1S/C23H23N3O3S/c1-14-8-9-17-16(12-14)20(21(28)24-17)23-26(11-10-25(2)3)22(29)19(30-23)13-15-6-4-5-7-18(15)27/h4-9,12-13,27H,10-11H2,1-3H3,(H,24,28)/b19-13-,23-20+. The van der Waals surface area contributed by atoms with E-state index in [1.54, 1.807) is 28.8 Å². The number of aromatic nitrogens is 1. The third-order valence-corrected chi connectivity index (χ3v) is 6.17. The van der Waals surface area contributed by atoms with Crippen LogP contribution in [0.15, 0.2) is 47.3 Å². The van der Waals surface area contributed by atoms with E-state index in [-0.39, 0.29) is 17.2 Å². The van der Waals surface area contributed by atoms with Crippen LogP contribution >= 0.6 is 11.3 Å². The average molecular weight is 422 g/mol. The summed E-state index contributed by atoms with van der Waals surface area (Å²) >= 11 is 1.28. The fourth-order valence-electron chi connectivity index (χ4n) is 3.45. The van der Waals surface area contributed by atoms with Gasteiger partial charge >= 0.3 is 0 Å². The lowest BCUT2D eigenvalue weighted by Crippen LogP contribution is -2.36. The third-order valence-electron chi connectivity index (χ3n) is 5.04. The molecule has 3 aromatic rings. The Kier molecular flexibility index (Phi) is 5.32. The molecule has 2 heterocycles. The predicted octanol–water partition coefficient (Wildman–Crippen LogP) is 1.47. The van der Waals surface area contributed by atoms with Gasteiger partial charge in [0.25, 0.3) is 11.5 Å². The van der Waals surface area contributed by atoms with Crippen LogP contribution in [0.2, 0.25) is 0 Å². The highest BCUT2D eigenvalue weighted by atomic mass is 32.1. The van der Waals surface area contributed by atoms with Crippen LogP contribution < -0.4 is 20.1 Å². The molecule has 0 fully saturated rings. The number of rotatable bonds is 4. The molecule has 0 saturated heterocycles. The number of thiazole rings is 1. The zero-order valence-electron chi connectivity index (χ0n) is 17.1. The van der Waals surface area contributed by atoms with Gasteiger partial charge in [-0.3, -0.25) is 14.2 Å². The van der Waals surface area contributed by atoms with Gasteiger partial charge in [0.2, 0.25) is 0 Å². The predicted molar refractivity (Wildman–Crippen MR) is 120 cm³/mol. The molecule has 0 unspecified atom stereocenters. The van der Waals surface area contributed by atoms with Crippen LogP contribution in [0.5, 0.6) is 5.75 Å². The van der Waals surface area contributed by atoms with E-state index < -0.39 is 0 Å². The molecule has 0 saturated carbocycles. The second kappa shape index (κ2) is 7.93. The maximum absolute atomic E-state index is 13.3. The zero-order chi connectivity index (χ0) is 21.4. The summed E-state index contributed by atoms with van der Waals surface area (Å²) in [6, 6.07) is 12.7. The van der Waals surface area contributed by atoms with Crippen molar-refractivity contribution in [1.29, 1.82) is 0 Å². The van der Waals surface area contributed by atoms with E-state index >= 15 is 0 Å². The first-order valence-corrected chi connectivity index (χ1v) is 10.5. The number of hydrogen-bond donors (Lipinski definition) is 2. The first kappa shape index (κ1) is 20.1. The van der Waals surface area contributed by atoms with E-state index in [4.69, 9.17) is 0 Å². The topological polar surface area (TPSA) is 74.6 Å². The van der Waals surface area contributed by atoms with Crippen molar-refractivity contribution in [1.82, 2.24) is 9.47 Å². The molecule has 2 N–H and O–H groups in total. The van der Waals surface area contributed by atoms with Gasteiger partial charge in [0.1, 0.15) is 10.4 Å². The quantitative estimate of drug-likeness (QED) is 0.669. The molecule has 7 heteroatoms. The van der Waals surface area contributed by atoms with Crippen LogP contribution in [0.3, 0.4) is 0 Å². The molecule has 0 aliphatic carbocycles. The van der Waals surface area contributed by atoms with Gasteiger partial charge in [-0.2, -0.15) is 0 Å². The largest absolute Gasteiger partial charge is 0.507 e. The first-order chi connectivity index (χ1) is 14.3. The Bertz CT molecular complexity index is 1320. The Labute approximate surface area is 178 Å². The van der Waals surface area contributed by atoms with Crippen molar-refractivity contribution in [2.45, 2.75) is 13.5 Å². The third kappa shape index (κ3) is 3.69. The van der Waals surface area contributed by atoms with E-state index in [1.807, 2.05) is 50.2 Å². The number of nitrogens with one attached hydrogen (secondary N) is 1. The minimum absolute atomic E-state index is 0.110. The number of phenolic OH excluding ortho intramolecular Hbond substituents is 1. The summed E-state index contributed by atoms with van der Waals surface area (Å²) in [6.07, 6.45) is 1.68. The average Bonchev–Trinajstić information content (AvgIpc) is 3.17. The fourth-order valence-corrected chi connectivity index (χ4v) is 4.63. The summed E-state index contributed by atoms with van der Waals surface area (Å²) in [5.41, 5.74) is 3.54. The normalized spacial score (nSPS) is 15.6. The molecule has 0 bridgehead atoms. The van der Waals surface area contributed by atoms with Crippen LogP contribution in [0.1, 0.15) is 16.7 Å². The van der Waals surface area contributed by atoms with E-state index in [0.29, 0.717) is 33.4 Å². The van der Waals surface area contributed by atoms with Crippen LogP contribution in [0, 0.1) is 6.92 Å². The highest BCUT2D eigenvalue weighted by Gasteiger charge is 2.27. The van der Waals surface area contributed by atoms with Crippen molar-refractivity contribution in [2.24, 2.45) is 0 Å². The highest BCUT2D eigenvalue weighted by Crippen LogP contribution is 2.30. The molecule has 0 atom stereocenters. The maximum atomic E-state index is 13.3. The molecular weight excluding hydrogens is 398 g/mol. The van der Waals surface area contributed by atoms with E-state index in [0.717, 1.165) is 16.8 Å². The number of phenols is 1. The first-order valence-electron chi connectivity index (χ1n) is 9.66. The molecule has 1 aliphatic rings. The lowest BCUT2D eigenvalue weighted by Gasteiger charge is -2.10. The number of aromatic hydroxyl groups is 1. The molecular formula is C23H23N3O3S. The van der Waals surface area contributed by atoms with Gasteiger partial charge in [-0.25, -0.2) is 0 Å². The minimum atomic E-state index is -0.204. The Morgan fingerprint density at radius 1 is 1.17 bits per heavy atom. The lowest BCUT2D eigenvalue weighted by atomic mass is 10.1. The van der Waals surface area contributed by atoms with Gasteiger partial charge in [-0.05, 0) is 45.3 Å². The summed E-state index contributed by atoms with van der Waals surface area (Å²) in [4.78, 5) is 28.1. The van der Waals surface area contributed by atoms with Crippen molar-refractivity contribution in [3.8, 4) is 5.75 Å². The Morgan fingerprint density at radius 3 is 2.67 bits per heavy atom. The second-order valence-electron chi connectivity index (χ2n) is 7.61. The number of anilines is 1. The second-order valence-corrected chi connectivity index (χ2v) is 8.64. The van der Waals surface area contributed by atoms with Crippen LogP contribution in [0.25, 0.3) is 11.6 Å². The van der Waals surface area contributed by atoms with Gasteiger partial charge in [0.15, 0.2) is 0 Å². The van der Waals surface area contributed by atoms with Crippen LogP contribution in [0.4, 0.5) is 5.69 Å². The van der Waals surface area contributed by atoms with E-state index in [2.05, 4.69) is 5.32 Å². The van der Waals surface area contributed by atoms with Gasteiger partial charge in [0.05, 0.1) is 10.1 Å². The molecule has 1 aliphatic heterocycles. The molecule has 4 rings (SSSR count).